The molecule has 0 N–H and O–H groups in total. The van der Waals surface area contributed by atoms with Gasteiger partial charge in [-0.05, 0) is 28.4 Å². The number of benzene rings is 3. The molecule has 128 valence electrons. The minimum Gasteiger partial charge on any atom is -0.410 e. The lowest BCUT2D eigenvalue weighted by Crippen LogP contribution is -2.37. The predicted octanol–water partition coefficient (Wildman–Crippen LogP) is 3.32. The Morgan fingerprint density at radius 1 is 0.808 bits per heavy atom. The molecule has 4 aromatic rings. The van der Waals surface area contributed by atoms with Crippen LogP contribution in [-0.2, 0) is 15.9 Å². The Hall–Kier alpha value is -2.69. The Morgan fingerprint density at radius 3 is 2.46 bits per heavy atom. The highest BCUT2D eigenvalue weighted by Gasteiger charge is 2.19. The summed E-state index contributed by atoms with van der Waals surface area (Å²) < 4.78 is 13.0. The van der Waals surface area contributed by atoms with E-state index in [0.29, 0.717) is 0 Å². The van der Waals surface area contributed by atoms with Crippen molar-refractivity contribution >= 4 is 34.3 Å². The van der Waals surface area contributed by atoms with E-state index in [9.17, 15) is 0 Å². The van der Waals surface area contributed by atoms with Crippen LogP contribution in [0.5, 0.6) is 0 Å². The van der Waals surface area contributed by atoms with E-state index in [1.165, 1.54) is 27.2 Å². The van der Waals surface area contributed by atoms with Crippen molar-refractivity contribution in [2.75, 3.05) is 14.2 Å². The fraction of sp³-hybridized carbons (Fsp3) is 0.136. The summed E-state index contributed by atoms with van der Waals surface area (Å²) in [5, 5.41) is 3.82. The Morgan fingerprint density at radius 2 is 1.62 bits per heavy atom. The van der Waals surface area contributed by atoms with Crippen LogP contribution in [0.2, 0.25) is 0 Å². The van der Waals surface area contributed by atoms with Gasteiger partial charge in [0, 0.05) is 31.9 Å². The lowest BCUT2D eigenvalue weighted by Gasteiger charge is -2.10. The average Bonchev–Trinajstić information content (AvgIpc) is 2.69. The van der Waals surface area contributed by atoms with Gasteiger partial charge in [0.25, 0.3) is 0 Å². The van der Waals surface area contributed by atoms with Crippen molar-refractivity contribution in [3.8, 4) is 0 Å². The molecule has 26 heavy (non-hydrogen) atoms. The third-order valence-electron chi connectivity index (χ3n) is 4.79. The molecule has 0 aliphatic carbocycles. The first-order chi connectivity index (χ1) is 12.8. The predicted molar refractivity (Wildman–Crippen MR) is 107 cm³/mol. The smallest absolute Gasteiger partial charge is 0.410 e. The van der Waals surface area contributed by atoms with Gasteiger partial charge in [0.1, 0.15) is 0 Å². The molecule has 0 aliphatic heterocycles. The Labute approximate surface area is 153 Å². The van der Waals surface area contributed by atoms with Crippen LogP contribution in [0.1, 0.15) is 5.56 Å². The molecular weight excluding hydrogens is 321 g/mol. The Kier molecular flexibility index (Phi) is 4.70. The fourth-order valence-corrected chi connectivity index (χ4v) is 3.57. The topological polar surface area (TPSA) is 22.3 Å². The highest BCUT2D eigenvalue weighted by molar-refractivity contribution is 6.61. The number of hydrogen-bond acceptors (Lipinski definition) is 2. The molecule has 3 nitrogen and oxygen atoms in total. The van der Waals surface area contributed by atoms with Crippen molar-refractivity contribution in [3.63, 3.8) is 0 Å². The SMILES string of the molecule is COB(OC)c1cccc(C[n+]2cccc3c4ccccc4ccc32)c1. The van der Waals surface area contributed by atoms with Crippen LogP contribution < -0.4 is 10.0 Å². The van der Waals surface area contributed by atoms with Gasteiger partial charge in [-0.25, -0.2) is 0 Å². The average molecular weight is 342 g/mol. The van der Waals surface area contributed by atoms with Crippen molar-refractivity contribution in [1.29, 1.82) is 0 Å². The van der Waals surface area contributed by atoms with Crippen molar-refractivity contribution < 1.29 is 13.9 Å². The molecule has 4 rings (SSSR count). The van der Waals surface area contributed by atoms with E-state index in [4.69, 9.17) is 9.31 Å². The normalized spacial score (nSPS) is 11.2. The quantitative estimate of drug-likeness (QED) is 0.315. The van der Waals surface area contributed by atoms with Gasteiger partial charge in [-0.1, -0.05) is 48.5 Å². The zero-order valence-electron chi connectivity index (χ0n) is 15.1. The van der Waals surface area contributed by atoms with Crippen molar-refractivity contribution in [2.45, 2.75) is 6.54 Å². The first kappa shape index (κ1) is 16.8. The zero-order valence-corrected chi connectivity index (χ0v) is 15.1. The lowest BCUT2D eigenvalue weighted by molar-refractivity contribution is -0.662. The second-order valence-electron chi connectivity index (χ2n) is 6.40. The van der Waals surface area contributed by atoms with E-state index in [2.05, 4.69) is 77.5 Å². The van der Waals surface area contributed by atoms with Crippen LogP contribution in [0.4, 0.5) is 0 Å². The molecule has 4 heteroatoms. The molecule has 0 saturated carbocycles. The monoisotopic (exact) mass is 342 g/mol. The van der Waals surface area contributed by atoms with E-state index in [0.717, 1.165) is 12.0 Å². The summed E-state index contributed by atoms with van der Waals surface area (Å²) in [5.74, 6) is 0. The molecule has 0 bridgehead atoms. The lowest BCUT2D eigenvalue weighted by atomic mass is 9.78. The molecular formula is C22H21BNO2+. The maximum Gasteiger partial charge on any atom is 0.493 e. The molecule has 0 atom stereocenters. The van der Waals surface area contributed by atoms with E-state index in [1.807, 2.05) is 6.07 Å². The van der Waals surface area contributed by atoms with Crippen LogP contribution in [0.15, 0.2) is 79.0 Å². The molecule has 0 saturated heterocycles. The van der Waals surface area contributed by atoms with Gasteiger partial charge in [-0.2, -0.15) is 4.57 Å². The number of nitrogens with zero attached hydrogens (tertiary/aromatic N) is 1. The van der Waals surface area contributed by atoms with Gasteiger partial charge in [0.05, 0.1) is 5.39 Å². The maximum atomic E-state index is 5.38. The van der Waals surface area contributed by atoms with Crippen molar-refractivity contribution in [1.82, 2.24) is 0 Å². The standard InChI is InChI=1S/C22H21BNO2/c1-25-23(26-2)19-9-5-7-17(15-19)16-24-14-6-11-21-20-10-4-3-8-18(20)12-13-22(21)24/h3-15H,16H2,1-2H3/q+1. The van der Waals surface area contributed by atoms with Gasteiger partial charge in [0.2, 0.25) is 5.52 Å². The second-order valence-corrected chi connectivity index (χ2v) is 6.40. The summed E-state index contributed by atoms with van der Waals surface area (Å²) in [6.07, 6.45) is 2.13. The highest BCUT2D eigenvalue weighted by atomic mass is 16.6. The molecule has 3 aromatic carbocycles. The minimum atomic E-state index is -0.337. The van der Waals surface area contributed by atoms with E-state index in [-0.39, 0.29) is 7.12 Å². The van der Waals surface area contributed by atoms with Crippen LogP contribution >= 0.6 is 0 Å². The van der Waals surface area contributed by atoms with Crippen LogP contribution in [-0.4, -0.2) is 21.3 Å². The van der Waals surface area contributed by atoms with Gasteiger partial charge in [-0.3, -0.25) is 0 Å². The van der Waals surface area contributed by atoms with E-state index in [1.54, 1.807) is 14.2 Å². The highest BCUT2D eigenvalue weighted by Crippen LogP contribution is 2.23. The first-order valence-corrected chi connectivity index (χ1v) is 8.74. The summed E-state index contributed by atoms with van der Waals surface area (Å²) in [6.45, 7) is 0.795. The minimum absolute atomic E-state index is 0.337. The molecule has 1 aromatic heterocycles. The largest absolute Gasteiger partial charge is 0.493 e. The third-order valence-corrected chi connectivity index (χ3v) is 4.79. The summed E-state index contributed by atoms with van der Waals surface area (Å²) in [4.78, 5) is 0. The number of aromatic nitrogens is 1. The van der Waals surface area contributed by atoms with Crippen LogP contribution in [0.25, 0.3) is 21.7 Å². The number of hydrogen-bond donors (Lipinski definition) is 0. The fourth-order valence-electron chi connectivity index (χ4n) is 3.57. The second kappa shape index (κ2) is 7.28. The number of pyridine rings is 1. The first-order valence-electron chi connectivity index (χ1n) is 8.74. The third kappa shape index (κ3) is 3.09. The summed E-state index contributed by atoms with van der Waals surface area (Å²) >= 11 is 0. The maximum absolute atomic E-state index is 5.38. The number of rotatable bonds is 5. The van der Waals surface area contributed by atoms with Gasteiger partial charge in [0.15, 0.2) is 12.7 Å². The summed E-state index contributed by atoms with van der Waals surface area (Å²) in [7, 11) is 2.98. The van der Waals surface area contributed by atoms with Crippen molar-refractivity contribution in [2.24, 2.45) is 0 Å². The molecule has 0 unspecified atom stereocenters. The Bertz CT molecular complexity index is 1060. The van der Waals surface area contributed by atoms with E-state index >= 15 is 0 Å². The molecule has 0 fully saturated rings. The zero-order chi connectivity index (χ0) is 17.9. The van der Waals surface area contributed by atoms with Gasteiger partial charge in [-0.15, -0.1) is 0 Å². The van der Waals surface area contributed by atoms with Crippen LogP contribution in [0, 0.1) is 0 Å². The molecule has 0 aliphatic rings. The van der Waals surface area contributed by atoms with E-state index < -0.39 is 0 Å². The van der Waals surface area contributed by atoms with Gasteiger partial charge >= 0.3 is 7.12 Å². The summed E-state index contributed by atoms with van der Waals surface area (Å²) in [5.41, 5.74) is 3.47. The molecule has 0 spiro atoms. The Balaban J connectivity index is 1.76. The van der Waals surface area contributed by atoms with Gasteiger partial charge < -0.3 is 9.31 Å². The summed E-state index contributed by atoms with van der Waals surface area (Å²) in [6, 6.07) is 25.6. The van der Waals surface area contributed by atoms with Crippen molar-refractivity contribution in [3.05, 3.63) is 84.6 Å². The molecule has 0 amide bonds. The molecule has 1 heterocycles. The molecule has 0 radical (unpaired) electrons. The van der Waals surface area contributed by atoms with Crippen LogP contribution in [0.3, 0.4) is 0 Å². The number of fused-ring (bicyclic) bond motifs is 3.